The first-order valence-corrected chi connectivity index (χ1v) is 7.95. The van der Waals surface area contributed by atoms with Gasteiger partial charge in [0, 0.05) is 29.3 Å². The molecule has 0 fully saturated rings. The quantitative estimate of drug-likeness (QED) is 0.912. The maximum atomic E-state index is 13.1. The minimum absolute atomic E-state index is 0.0354. The summed E-state index contributed by atoms with van der Waals surface area (Å²) in [6.07, 6.45) is 0. The molecule has 0 spiro atoms. The minimum atomic E-state index is -0.0354. The average molecular weight is 328 g/mol. The molecule has 2 aromatic rings. The molecule has 0 bridgehead atoms. The van der Waals surface area contributed by atoms with Crippen molar-refractivity contribution >= 4 is 11.9 Å². The van der Waals surface area contributed by atoms with Crippen molar-refractivity contribution in [2.75, 3.05) is 12.8 Å². The van der Waals surface area contributed by atoms with Gasteiger partial charge in [-0.25, -0.2) is 4.98 Å². The summed E-state index contributed by atoms with van der Waals surface area (Å²) in [4.78, 5) is 23.2. The highest BCUT2D eigenvalue weighted by Crippen LogP contribution is 2.27. The van der Waals surface area contributed by atoms with Gasteiger partial charge in [-0.3, -0.25) is 4.79 Å². The number of nitrogen functional groups attached to an aromatic ring is 1. The first kappa shape index (κ1) is 17.7. The highest BCUT2D eigenvalue weighted by Gasteiger charge is 2.24. The van der Waals surface area contributed by atoms with Crippen LogP contribution < -0.4 is 10.5 Å². The first-order valence-electron chi connectivity index (χ1n) is 7.95. The molecule has 1 aromatic heterocycles. The van der Waals surface area contributed by atoms with Crippen LogP contribution in [0.2, 0.25) is 0 Å². The van der Waals surface area contributed by atoms with Crippen molar-refractivity contribution in [3.05, 3.63) is 35.9 Å². The van der Waals surface area contributed by atoms with Crippen molar-refractivity contribution in [3.63, 3.8) is 0 Å². The zero-order valence-corrected chi connectivity index (χ0v) is 14.8. The fourth-order valence-corrected chi connectivity index (χ4v) is 2.78. The van der Waals surface area contributed by atoms with Crippen molar-refractivity contribution in [1.29, 1.82) is 0 Å². The first-order chi connectivity index (χ1) is 11.3. The average Bonchev–Trinajstić information content (AvgIpc) is 2.53. The van der Waals surface area contributed by atoms with Gasteiger partial charge in [0.1, 0.15) is 0 Å². The van der Waals surface area contributed by atoms with Gasteiger partial charge in [-0.1, -0.05) is 18.2 Å². The molecular weight excluding hydrogens is 304 g/mol. The second kappa shape index (κ2) is 7.29. The summed E-state index contributed by atoms with van der Waals surface area (Å²) in [6, 6.07) is 9.24. The molecule has 0 radical (unpaired) electrons. The van der Waals surface area contributed by atoms with Crippen LogP contribution in [0.25, 0.3) is 11.3 Å². The summed E-state index contributed by atoms with van der Waals surface area (Å²) in [5, 5.41) is 0. The lowest BCUT2D eigenvalue weighted by Crippen LogP contribution is -2.42. The SMILES string of the molecule is COc1cc(-c2ccccc2C(=O)N(C(C)C)C(C)C)nc(N)n1. The Hall–Kier alpha value is -2.63. The smallest absolute Gasteiger partial charge is 0.255 e. The minimum Gasteiger partial charge on any atom is -0.481 e. The van der Waals surface area contributed by atoms with Gasteiger partial charge in [-0.2, -0.15) is 4.98 Å². The molecule has 2 rings (SSSR count). The number of hydrogen-bond donors (Lipinski definition) is 1. The molecule has 0 aliphatic carbocycles. The van der Waals surface area contributed by atoms with Crippen LogP contribution in [0.15, 0.2) is 30.3 Å². The van der Waals surface area contributed by atoms with E-state index in [2.05, 4.69) is 9.97 Å². The lowest BCUT2D eigenvalue weighted by Gasteiger charge is -2.31. The van der Waals surface area contributed by atoms with Crippen molar-refractivity contribution in [2.45, 2.75) is 39.8 Å². The van der Waals surface area contributed by atoms with E-state index >= 15 is 0 Å². The van der Waals surface area contributed by atoms with Gasteiger partial charge in [-0.15, -0.1) is 0 Å². The Balaban J connectivity index is 2.55. The normalized spacial score (nSPS) is 11.0. The van der Waals surface area contributed by atoms with E-state index in [9.17, 15) is 4.79 Å². The molecule has 2 N–H and O–H groups in total. The third-order valence-electron chi connectivity index (χ3n) is 3.71. The molecule has 6 nitrogen and oxygen atoms in total. The molecule has 24 heavy (non-hydrogen) atoms. The van der Waals surface area contributed by atoms with Crippen molar-refractivity contribution in [2.24, 2.45) is 0 Å². The Kier molecular flexibility index (Phi) is 5.39. The molecule has 0 aliphatic rings. The highest BCUT2D eigenvalue weighted by atomic mass is 16.5. The van der Waals surface area contributed by atoms with E-state index in [0.717, 1.165) is 0 Å². The summed E-state index contributed by atoms with van der Waals surface area (Å²) in [5.41, 5.74) is 7.62. The maximum Gasteiger partial charge on any atom is 0.255 e. The van der Waals surface area contributed by atoms with Crippen LogP contribution in [0, 0.1) is 0 Å². The molecule has 0 atom stereocenters. The van der Waals surface area contributed by atoms with Crippen LogP contribution in [0.1, 0.15) is 38.1 Å². The molecule has 0 saturated heterocycles. The summed E-state index contributed by atoms with van der Waals surface area (Å²) in [7, 11) is 1.52. The molecule has 128 valence electrons. The second-order valence-electron chi connectivity index (χ2n) is 6.10. The summed E-state index contributed by atoms with van der Waals surface area (Å²) >= 11 is 0. The maximum absolute atomic E-state index is 13.1. The van der Waals surface area contributed by atoms with E-state index in [1.165, 1.54) is 7.11 Å². The Morgan fingerprint density at radius 2 is 1.75 bits per heavy atom. The van der Waals surface area contributed by atoms with Crippen molar-refractivity contribution in [3.8, 4) is 17.1 Å². The van der Waals surface area contributed by atoms with Gasteiger partial charge >= 0.3 is 0 Å². The number of anilines is 1. The lowest BCUT2D eigenvalue weighted by molar-refractivity contribution is 0.0644. The number of benzene rings is 1. The van der Waals surface area contributed by atoms with Crippen LogP contribution in [0.4, 0.5) is 5.95 Å². The topological polar surface area (TPSA) is 81.3 Å². The van der Waals surface area contributed by atoms with Crippen LogP contribution in [0.3, 0.4) is 0 Å². The van der Waals surface area contributed by atoms with E-state index in [-0.39, 0.29) is 23.9 Å². The largest absolute Gasteiger partial charge is 0.481 e. The Morgan fingerprint density at radius 1 is 1.12 bits per heavy atom. The predicted molar refractivity (Wildman–Crippen MR) is 94.9 cm³/mol. The fourth-order valence-electron chi connectivity index (χ4n) is 2.78. The van der Waals surface area contributed by atoms with Gasteiger partial charge in [0.25, 0.3) is 5.91 Å². The zero-order chi connectivity index (χ0) is 17.9. The second-order valence-corrected chi connectivity index (χ2v) is 6.10. The Labute approximate surface area is 142 Å². The van der Waals surface area contributed by atoms with Crippen LogP contribution in [0.5, 0.6) is 5.88 Å². The Bertz CT molecular complexity index is 721. The number of amides is 1. The predicted octanol–water partition coefficient (Wildman–Crippen LogP) is 2.99. The lowest BCUT2D eigenvalue weighted by atomic mass is 10.0. The molecule has 6 heteroatoms. The molecule has 1 aromatic carbocycles. The number of ether oxygens (including phenoxy) is 1. The van der Waals surface area contributed by atoms with Crippen LogP contribution >= 0.6 is 0 Å². The summed E-state index contributed by atoms with van der Waals surface area (Å²) in [5.74, 6) is 0.437. The summed E-state index contributed by atoms with van der Waals surface area (Å²) in [6.45, 7) is 8.02. The molecule has 1 heterocycles. The monoisotopic (exact) mass is 328 g/mol. The van der Waals surface area contributed by atoms with Crippen molar-refractivity contribution < 1.29 is 9.53 Å². The molecule has 0 saturated carbocycles. The number of nitrogens with zero attached hydrogens (tertiary/aromatic N) is 3. The molecule has 0 unspecified atom stereocenters. The number of nitrogens with two attached hydrogens (primary N) is 1. The van der Waals surface area contributed by atoms with Gasteiger partial charge in [0.2, 0.25) is 11.8 Å². The standard InChI is InChI=1S/C18H24N4O2/c1-11(2)22(12(3)4)17(23)14-9-7-6-8-13(14)15-10-16(24-5)21-18(19)20-15/h6-12H,1-5H3,(H2,19,20,21). The van der Waals surface area contributed by atoms with E-state index in [4.69, 9.17) is 10.5 Å². The molecular formula is C18H24N4O2. The zero-order valence-electron chi connectivity index (χ0n) is 14.8. The third kappa shape index (κ3) is 3.64. The summed E-state index contributed by atoms with van der Waals surface area (Å²) < 4.78 is 5.15. The number of methoxy groups -OCH3 is 1. The van der Waals surface area contributed by atoms with Gasteiger partial charge in [-0.05, 0) is 33.8 Å². The van der Waals surface area contributed by atoms with Crippen LogP contribution in [-0.2, 0) is 0 Å². The van der Waals surface area contributed by atoms with Crippen LogP contribution in [-0.4, -0.2) is 40.0 Å². The molecule has 1 amide bonds. The third-order valence-corrected chi connectivity index (χ3v) is 3.71. The number of aromatic nitrogens is 2. The highest BCUT2D eigenvalue weighted by molar-refractivity contribution is 6.00. The van der Waals surface area contributed by atoms with Gasteiger partial charge in [0.15, 0.2) is 0 Å². The van der Waals surface area contributed by atoms with E-state index in [1.54, 1.807) is 12.1 Å². The van der Waals surface area contributed by atoms with Gasteiger partial charge < -0.3 is 15.4 Å². The number of carbonyl (C=O) groups is 1. The molecule has 0 aliphatic heterocycles. The fraction of sp³-hybridized carbons (Fsp3) is 0.389. The number of rotatable bonds is 5. The van der Waals surface area contributed by atoms with Crippen molar-refractivity contribution in [1.82, 2.24) is 14.9 Å². The van der Waals surface area contributed by atoms with E-state index < -0.39 is 0 Å². The van der Waals surface area contributed by atoms with E-state index in [0.29, 0.717) is 22.7 Å². The number of carbonyl (C=O) groups excluding carboxylic acids is 1. The van der Waals surface area contributed by atoms with E-state index in [1.807, 2.05) is 50.8 Å². The Morgan fingerprint density at radius 3 is 2.33 bits per heavy atom. The van der Waals surface area contributed by atoms with Gasteiger partial charge in [0.05, 0.1) is 12.8 Å². The number of hydrogen-bond acceptors (Lipinski definition) is 5.